The predicted octanol–water partition coefficient (Wildman–Crippen LogP) is 1.46. The Morgan fingerprint density at radius 3 is 2.38 bits per heavy atom. The van der Waals surface area contributed by atoms with Crippen molar-refractivity contribution in [2.45, 2.75) is 17.7 Å². The van der Waals surface area contributed by atoms with E-state index in [9.17, 15) is 22.4 Å². The third kappa shape index (κ3) is 4.53. The fraction of sp³-hybridized carbons (Fsp3) is 0.333. The predicted molar refractivity (Wildman–Crippen MR) is 111 cm³/mol. The second-order valence-electron chi connectivity index (χ2n) is 7.41. The number of piperidine rings is 1. The van der Waals surface area contributed by atoms with E-state index in [2.05, 4.69) is 10.9 Å². The van der Waals surface area contributed by atoms with Crippen LogP contribution >= 0.6 is 0 Å². The van der Waals surface area contributed by atoms with E-state index in [0.29, 0.717) is 30.3 Å². The van der Waals surface area contributed by atoms with Crippen LogP contribution in [0.2, 0.25) is 0 Å². The summed E-state index contributed by atoms with van der Waals surface area (Å²) in [6.07, 6.45) is 0.499. The van der Waals surface area contributed by atoms with Gasteiger partial charge in [0.1, 0.15) is 23.9 Å². The first-order valence-electron chi connectivity index (χ1n) is 10.1. The highest BCUT2D eigenvalue weighted by atomic mass is 32.2. The molecule has 0 bridgehead atoms. The van der Waals surface area contributed by atoms with Gasteiger partial charge in [0.2, 0.25) is 15.9 Å². The number of nitrogens with one attached hydrogen (secondary N) is 2. The van der Waals surface area contributed by atoms with E-state index in [4.69, 9.17) is 9.47 Å². The molecule has 0 aromatic heterocycles. The van der Waals surface area contributed by atoms with E-state index in [0.717, 1.165) is 6.07 Å². The highest BCUT2D eigenvalue weighted by Gasteiger charge is 2.33. The second-order valence-corrected chi connectivity index (χ2v) is 9.32. The molecule has 0 saturated carbocycles. The molecule has 1 fully saturated rings. The molecular formula is C21H22FN3O6S. The zero-order valence-corrected chi connectivity index (χ0v) is 17.9. The molecule has 2 aromatic carbocycles. The lowest BCUT2D eigenvalue weighted by molar-refractivity contribution is -0.126. The molecule has 170 valence electrons. The van der Waals surface area contributed by atoms with Crippen LogP contribution in [0.5, 0.6) is 11.5 Å². The molecule has 0 unspecified atom stereocenters. The number of rotatable bonds is 4. The number of carbonyl (C=O) groups is 2. The molecule has 4 rings (SSSR count). The monoisotopic (exact) mass is 463 g/mol. The molecule has 0 radical (unpaired) electrons. The maximum absolute atomic E-state index is 13.9. The van der Waals surface area contributed by atoms with E-state index in [1.807, 2.05) is 0 Å². The lowest BCUT2D eigenvalue weighted by Crippen LogP contribution is -2.48. The van der Waals surface area contributed by atoms with Crippen LogP contribution in [-0.4, -0.2) is 50.8 Å². The molecular weight excluding hydrogens is 441 g/mol. The van der Waals surface area contributed by atoms with Gasteiger partial charge in [0.05, 0.1) is 0 Å². The smallest absolute Gasteiger partial charge is 0.269 e. The summed E-state index contributed by atoms with van der Waals surface area (Å²) in [5.74, 6) is -1.22. The Bertz CT molecular complexity index is 1130. The van der Waals surface area contributed by atoms with Gasteiger partial charge in [0, 0.05) is 24.6 Å². The van der Waals surface area contributed by atoms with E-state index >= 15 is 0 Å². The summed E-state index contributed by atoms with van der Waals surface area (Å²) < 4.78 is 51.3. The minimum atomic E-state index is -3.98. The number of amides is 2. The first kappa shape index (κ1) is 22.0. The van der Waals surface area contributed by atoms with Crippen molar-refractivity contribution in [3.05, 3.63) is 53.8 Å². The van der Waals surface area contributed by atoms with Gasteiger partial charge < -0.3 is 9.47 Å². The Kier molecular flexibility index (Phi) is 6.28. The van der Waals surface area contributed by atoms with Gasteiger partial charge in [-0.15, -0.1) is 0 Å². The van der Waals surface area contributed by atoms with Crippen LogP contribution in [-0.2, 0) is 14.8 Å². The number of nitrogens with zero attached hydrogens (tertiary/aromatic N) is 1. The van der Waals surface area contributed by atoms with Crippen LogP contribution in [0.4, 0.5) is 4.39 Å². The molecule has 2 aliphatic rings. The molecule has 0 aliphatic carbocycles. The third-order valence-electron chi connectivity index (χ3n) is 5.38. The quantitative estimate of drug-likeness (QED) is 0.664. The van der Waals surface area contributed by atoms with E-state index in [-0.39, 0.29) is 30.8 Å². The molecule has 0 atom stereocenters. The van der Waals surface area contributed by atoms with Gasteiger partial charge in [0.25, 0.3) is 5.91 Å². The van der Waals surface area contributed by atoms with Crippen molar-refractivity contribution in [1.29, 1.82) is 0 Å². The molecule has 2 aliphatic heterocycles. The summed E-state index contributed by atoms with van der Waals surface area (Å²) >= 11 is 0. The number of hydrogen-bond acceptors (Lipinski definition) is 6. The number of hydrazine groups is 1. The minimum absolute atomic E-state index is 0.0743. The number of carbonyl (C=O) groups excluding carboxylic acids is 2. The number of ether oxygens (including phenoxy) is 2. The van der Waals surface area contributed by atoms with Crippen LogP contribution in [0.1, 0.15) is 23.2 Å². The van der Waals surface area contributed by atoms with Crippen LogP contribution < -0.4 is 20.3 Å². The normalized spacial score (nSPS) is 16.9. The van der Waals surface area contributed by atoms with E-state index < -0.39 is 33.6 Å². The number of benzene rings is 2. The topological polar surface area (TPSA) is 114 Å². The fourth-order valence-electron chi connectivity index (χ4n) is 3.63. The molecule has 9 nitrogen and oxygen atoms in total. The molecule has 2 amide bonds. The highest BCUT2D eigenvalue weighted by Crippen LogP contribution is 2.30. The summed E-state index contributed by atoms with van der Waals surface area (Å²) in [6.45, 7) is 0.977. The number of halogens is 1. The number of hydrogen-bond donors (Lipinski definition) is 2. The first-order chi connectivity index (χ1) is 15.4. The highest BCUT2D eigenvalue weighted by molar-refractivity contribution is 7.89. The van der Waals surface area contributed by atoms with Crippen molar-refractivity contribution in [3.8, 4) is 11.5 Å². The van der Waals surface area contributed by atoms with E-state index in [1.165, 1.54) is 28.6 Å². The second kappa shape index (κ2) is 9.13. The fourth-order valence-corrected chi connectivity index (χ4v) is 5.16. The van der Waals surface area contributed by atoms with Gasteiger partial charge in [-0.2, -0.15) is 4.31 Å². The van der Waals surface area contributed by atoms with Crippen molar-refractivity contribution in [2.75, 3.05) is 26.3 Å². The summed E-state index contributed by atoms with van der Waals surface area (Å²) in [5.41, 5.74) is 5.04. The van der Waals surface area contributed by atoms with E-state index in [1.54, 1.807) is 12.1 Å². The van der Waals surface area contributed by atoms with Crippen LogP contribution in [0.3, 0.4) is 0 Å². The molecule has 32 heavy (non-hydrogen) atoms. The van der Waals surface area contributed by atoms with Gasteiger partial charge >= 0.3 is 0 Å². The molecule has 2 N–H and O–H groups in total. The molecule has 2 aromatic rings. The molecule has 0 spiro atoms. The number of sulfonamides is 1. The summed E-state index contributed by atoms with van der Waals surface area (Å²) in [4.78, 5) is 24.4. The largest absolute Gasteiger partial charge is 0.486 e. The molecule has 2 heterocycles. The zero-order chi connectivity index (χ0) is 22.7. The molecule has 11 heteroatoms. The van der Waals surface area contributed by atoms with Crippen molar-refractivity contribution < 1.29 is 31.9 Å². The Balaban J connectivity index is 1.30. The van der Waals surface area contributed by atoms with Crippen molar-refractivity contribution >= 4 is 21.8 Å². The van der Waals surface area contributed by atoms with Crippen molar-refractivity contribution in [2.24, 2.45) is 5.92 Å². The van der Waals surface area contributed by atoms with Gasteiger partial charge in [-0.25, -0.2) is 12.8 Å². The van der Waals surface area contributed by atoms with Gasteiger partial charge in [-0.05, 0) is 43.2 Å². The maximum Gasteiger partial charge on any atom is 0.269 e. The van der Waals surface area contributed by atoms with Crippen molar-refractivity contribution in [3.63, 3.8) is 0 Å². The van der Waals surface area contributed by atoms with Gasteiger partial charge in [-0.1, -0.05) is 12.1 Å². The average molecular weight is 463 g/mol. The SMILES string of the molecule is O=C(NNC(=O)C1CCN(S(=O)(=O)c2ccccc2F)CC1)c1ccc2c(c1)OCCO2. The Morgan fingerprint density at radius 1 is 0.969 bits per heavy atom. The van der Waals surface area contributed by atoms with Crippen LogP contribution in [0, 0.1) is 11.7 Å². The Hall–Kier alpha value is -3.18. The minimum Gasteiger partial charge on any atom is -0.486 e. The average Bonchev–Trinajstić information content (AvgIpc) is 2.82. The standard InChI is InChI=1S/C21H22FN3O6S/c22-16-3-1-2-4-19(16)32(28,29)25-9-7-14(8-10-25)20(26)23-24-21(27)15-5-6-17-18(13-15)31-12-11-30-17/h1-6,13-14H,7-12H2,(H,23,26)(H,24,27). The van der Waals surface area contributed by atoms with Gasteiger partial charge in [0.15, 0.2) is 11.5 Å². The Morgan fingerprint density at radius 2 is 1.66 bits per heavy atom. The summed E-state index contributed by atoms with van der Waals surface area (Å²) in [5, 5.41) is 0. The first-order valence-corrected chi connectivity index (χ1v) is 11.5. The van der Waals surface area contributed by atoms with Crippen molar-refractivity contribution in [1.82, 2.24) is 15.2 Å². The summed E-state index contributed by atoms with van der Waals surface area (Å²) in [6, 6.07) is 9.90. The van der Waals surface area contributed by atoms with Crippen LogP contribution in [0.25, 0.3) is 0 Å². The third-order valence-corrected chi connectivity index (χ3v) is 7.31. The summed E-state index contributed by atoms with van der Waals surface area (Å²) in [7, 11) is -3.98. The van der Waals surface area contributed by atoms with Gasteiger partial charge in [-0.3, -0.25) is 20.4 Å². The lowest BCUT2D eigenvalue weighted by Gasteiger charge is -2.30. The maximum atomic E-state index is 13.9. The van der Waals surface area contributed by atoms with Crippen LogP contribution in [0.15, 0.2) is 47.4 Å². The zero-order valence-electron chi connectivity index (χ0n) is 17.0. The molecule has 1 saturated heterocycles. The Labute approximate surface area is 184 Å². The lowest BCUT2D eigenvalue weighted by atomic mass is 9.98. The number of fused-ring (bicyclic) bond motifs is 1.